The molecule has 0 saturated carbocycles. The minimum Gasteiger partial charge on any atom is -0.370 e. The standard InChI is InChI=1S/C62H67F2N10O12P/c63-62(64,87(84,85)86)42-18-20-46-41(33-42)34-48(66-46)57(79)68-49-36-72(54(77)15-8-29-71-30-26-37(27-31-71)16-17-38-13-7-14-44-45(38)35-73(60(44)82)50-23-25-53(76)69-58(50)80)32-28-43-19-22-51(74(43)61(49)83)59(81)67-47(21-24-52(65)75)56(78)70-55(39-9-3-1-4-10-39)40-11-5-2-6-12-40/h1-7,9-14,18,20,33-34,37,43,47,49-51,55,66H,8,15,19,21-32,35-36H2,(H2,65,75)(H,67,81)(H,68,79)(H,70,78)(H,69,76,80)(H2,84,85,86)/t43-,47+,49+,50?,51+/m1/s1. The Morgan fingerprint density at radius 3 is 2.21 bits per heavy atom. The molecule has 1 unspecified atom stereocenters. The van der Waals surface area contributed by atoms with E-state index in [0.29, 0.717) is 43.6 Å². The van der Waals surface area contributed by atoms with Gasteiger partial charge in [-0.25, -0.2) is 0 Å². The van der Waals surface area contributed by atoms with Gasteiger partial charge in [0.05, 0.1) is 6.04 Å². The number of nitrogens with one attached hydrogen (secondary N) is 5. The number of aromatic amines is 1. The molecular formula is C62H67F2N10O12P. The lowest BCUT2D eigenvalue weighted by Crippen LogP contribution is -2.62. The highest BCUT2D eigenvalue weighted by Gasteiger charge is 2.51. The summed E-state index contributed by atoms with van der Waals surface area (Å²) >= 11 is 0. The van der Waals surface area contributed by atoms with Crippen molar-refractivity contribution in [3.8, 4) is 11.8 Å². The highest BCUT2D eigenvalue weighted by molar-refractivity contribution is 7.52. The molecule has 22 nitrogen and oxygen atoms in total. The fraction of sp³-hybridized carbons (Fsp3) is 0.403. The number of H-pyrrole nitrogens is 1. The maximum absolute atomic E-state index is 15.1. The van der Waals surface area contributed by atoms with Gasteiger partial charge in [0.2, 0.25) is 41.4 Å². The van der Waals surface area contributed by atoms with E-state index in [1.807, 2.05) is 66.7 Å². The number of carbonyl (C=O) groups is 9. The van der Waals surface area contributed by atoms with Crippen LogP contribution in [0, 0.1) is 17.8 Å². The number of likely N-dealkylation sites (tertiary alicyclic amines) is 1. The van der Waals surface area contributed by atoms with E-state index in [1.54, 1.807) is 12.1 Å². The first-order chi connectivity index (χ1) is 41.6. The van der Waals surface area contributed by atoms with Crippen molar-refractivity contribution in [1.82, 2.24) is 45.9 Å². The number of primary amides is 1. The molecule has 4 aromatic carbocycles. The molecule has 5 atom stereocenters. The van der Waals surface area contributed by atoms with E-state index < -0.39 is 90.5 Å². The molecule has 456 valence electrons. The van der Waals surface area contributed by atoms with Gasteiger partial charge in [0.15, 0.2) is 0 Å². The minimum atomic E-state index is -5.94. The normalized spacial score (nSPS) is 20.6. The monoisotopic (exact) mass is 1210 g/mol. The van der Waals surface area contributed by atoms with Gasteiger partial charge in [-0.05, 0) is 118 Å². The number of nitrogens with two attached hydrogens (primary N) is 1. The third kappa shape index (κ3) is 13.8. The second-order valence-corrected chi connectivity index (χ2v) is 24.4. The van der Waals surface area contributed by atoms with Crippen LogP contribution in [0.15, 0.2) is 103 Å². The molecule has 6 heterocycles. The first-order valence-corrected chi connectivity index (χ1v) is 30.7. The summed E-state index contributed by atoms with van der Waals surface area (Å²) < 4.78 is 41.3. The number of amides is 9. The van der Waals surface area contributed by atoms with E-state index in [0.717, 1.165) is 47.7 Å². The molecule has 9 amide bonds. The van der Waals surface area contributed by atoms with E-state index in [1.165, 1.54) is 20.8 Å². The number of nitrogens with zero attached hydrogens (tertiary/aromatic N) is 4. The summed E-state index contributed by atoms with van der Waals surface area (Å²) in [5, 5.41) is 10.9. The van der Waals surface area contributed by atoms with Crippen molar-refractivity contribution in [3.63, 3.8) is 0 Å². The Morgan fingerprint density at radius 1 is 0.816 bits per heavy atom. The molecule has 5 aromatic rings. The number of alkyl halides is 2. The van der Waals surface area contributed by atoms with Gasteiger partial charge >= 0.3 is 13.3 Å². The first kappa shape index (κ1) is 61.5. The molecular weight excluding hydrogens is 1150 g/mol. The average Bonchev–Trinajstić information content (AvgIpc) is 3.20. The lowest BCUT2D eigenvalue weighted by molar-refractivity contribution is -0.145. The Balaban J connectivity index is 0.811. The van der Waals surface area contributed by atoms with Crippen molar-refractivity contribution >= 4 is 71.7 Å². The maximum atomic E-state index is 15.1. The van der Waals surface area contributed by atoms with Crippen LogP contribution >= 0.6 is 7.60 Å². The molecule has 25 heteroatoms. The Labute approximate surface area is 499 Å². The largest absolute Gasteiger partial charge is 0.399 e. The van der Waals surface area contributed by atoms with Crippen LogP contribution < -0.4 is 27.0 Å². The lowest BCUT2D eigenvalue weighted by Gasteiger charge is -2.39. The first-order valence-electron chi connectivity index (χ1n) is 29.1. The predicted molar refractivity (Wildman–Crippen MR) is 311 cm³/mol. The quantitative estimate of drug-likeness (QED) is 0.0349. The highest BCUT2D eigenvalue weighted by Crippen LogP contribution is 2.59. The van der Waals surface area contributed by atoms with Crippen molar-refractivity contribution in [1.29, 1.82) is 0 Å². The van der Waals surface area contributed by atoms with Gasteiger partial charge in [0.25, 0.3) is 11.8 Å². The van der Waals surface area contributed by atoms with Gasteiger partial charge < -0.3 is 56.1 Å². The lowest BCUT2D eigenvalue weighted by atomic mass is 9.96. The molecule has 1 aromatic heterocycles. The summed E-state index contributed by atoms with van der Waals surface area (Å²) in [4.78, 5) is 151. The van der Waals surface area contributed by atoms with Crippen LogP contribution in [-0.4, -0.2) is 150 Å². The SMILES string of the molecule is NC(=O)CC[C@H](NC(=O)[C@@H]1CC[C@@H]2CCN(C(=O)CCCN3CCC(C#Cc4cccc5c4CN(C4CCC(=O)NC4=O)C5=O)CC3)C[C@H](NC(=O)c3cc4cc(C(F)(F)P(=O)(O)O)ccc4[nH]3)C(=O)N21)C(=O)NC(c1ccccc1)c1ccccc1. The van der Waals surface area contributed by atoms with Crippen LogP contribution in [-0.2, 0) is 50.3 Å². The minimum absolute atomic E-state index is 0.00394. The van der Waals surface area contributed by atoms with Gasteiger partial charge in [-0.2, -0.15) is 8.78 Å². The Kier molecular flexibility index (Phi) is 18.5. The number of benzene rings is 4. The van der Waals surface area contributed by atoms with E-state index in [9.17, 15) is 61.5 Å². The van der Waals surface area contributed by atoms with Crippen molar-refractivity contribution in [2.75, 3.05) is 32.7 Å². The predicted octanol–water partition coefficient (Wildman–Crippen LogP) is 4.05. The van der Waals surface area contributed by atoms with Gasteiger partial charge in [0.1, 0.15) is 29.9 Å². The number of rotatable bonds is 18. The molecule has 4 fully saturated rings. The molecule has 87 heavy (non-hydrogen) atoms. The summed E-state index contributed by atoms with van der Waals surface area (Å²) in [6.07, 6.45) is 2.77. The number of fused-ring (bicyclic) bond motifs is 3. The molecule has 0 radical (unpaired) electrons. The highest BCUT2D eigenvalue weighted by atomic mass is 31.2. The van der Waals surface area contributed by atoms with Gasteiger partial charge in [0, 0.05) is 78.4 Å². The number of halogens is 2. The number of hydrogen-bond donors (Lipinski definition) is 8. The fourth-order valence-electron chi connectivity index (χ4n) is 12.3. The molecule has 10 rings (SSSR count). The second kappa shape index (κ2) is 26.2. The second-order valence-electron chi connectivity index (χ2n) is 22.8. The zero-order chi connectivity index (χ0) is 61.7. The molecule has 5 aliphatic rings. The summed E-state index contributed by atoms with van der Waals surface area (Å²) in [5.74, 6) is 1.72. The third-order valence-corrected chi connectivity index (χ3v) is 18.0. The van der Waals surface area contributed by atoms with Crippen molar-refractivity contribution < 1.29 is 66.3 Å². The topological polar surface area (TPSA) is 314 Å². The van der Waals surface area contributed by atoms with E-state index >= 15 is 4.79 Å². The smallest absolute Gasteiger partial charge is 0.370 e. The molecule has 9 N–H and O–H groups in total. The van der Waals surface area contributed by atoms with E-state index in [-0.39, 0.29) is 105 Å². The van der Waals surface area contributed by atoms with E-state index in [4.69, 9.17) is 5.73 Å². The molecule has 4 saturated heterocycles. The van der Waals surface area contributed by atoms with Crippen LogP contribution in [0.1, 0.15) is 125 Å². The maximum Gasteiger partial charge on any atom is 0.399 e. The zero-order valence-corrected chi connectivity index (χ0v) is 48.3. The van der Waals surface area contributed by atoms with Gasteiger partial charge in [-0.3, -0.25) is 53.0 Å². The Morgan fingerprint density at radius 2 is 1.53 bits per heavy atom. The van der Waals surface area contributed by atoms with Crippen LogP contribution in [0.5, 0.6) is 0 Å². The molecule has 0 aliphatic carbocycles. The third-order valence-electron chi connectivity index (χ3n) is 17.0. The summed E-state index contributed by atoms with van der Waals surface area (Å²) in [6.45, 7) is 2.03. The summed E-state index contributed by atoms with van der Waals surface area (Å²) in [7, 11) is -5.94. The fourth-order valence-corrected chi connectivity index (χ4v) is 12.8. The number of imide groups is 1. The van der Waals surface area contributed by atoms with Crippen molar-refractivity contribution in [2.24, 2.45) is 11.7 Å². The number of carbonyl (C=O) groups excluding carboxylic acids is 9. The van der Waals surface area contributed by atoms with Gasteiger partial charge in [-0.15, -0.1) is 0 Å². The zero-order valence-electron chi connectivity index (χ0n) is 47.4. The van der Waals surface area contributed by atoms with Crippen LogP contribution in [0.4, 0.5) is 8.78 Å². The molecule has 0 spiro atoms. The summed E-state index contributed by atoms with van der Waals surface area (Å²) in [6, 6.07) is 21.7. The number of aromatic nitrogens is 1. The van der Waals surface area contributed by atoms with Crippen LogP contribution in [0.25, 0.3) is 10.9 Å². The number of piperidine rings is 2. The molecule has 5 aliphatic heterocycles. The Hall–Kier alpha value is -8.62. The van der Waals surface area contributed by atoms with E-state index in [2.05, 4.69) is 43.0 Å². The van der Waals surface area contributed by atoms with Gasteiger partial charge in [-0.1, -0.05) is 84.6 Å². The van der Waals surface area contributed by atoms with Crippen molar-refractivity contribution in [2.45, 2.75) is 119 Å². The average molecular weight is 1210 g/mol. The van der Waals surface area contributed by atoms with Crippen LogP contribution in [0.2, 0.25) is 0 Å². The van der Waals surface area contributed by atoms with Crippen molar-refractivity contribution in [3.05, 3.63) is 142 Å². The van der Waals surface area contributed by atoms with Crippen LogP contribution in [0.3, 0.4) is 0 Å². The summed E-state index contributed by atoms with van der Waals surface area (Å²) in [5.41, 5.74) is 3.41. The Bertz CT molecular complexity index is 3580. The number of hydrogen-bond acceptors (Lipinski definition) is 11. The molecule has 0 bridgehead atoms.